The molecule has 1 fully saturated rings. The van der Waals surface area contributed by atoms with Crippen LogP contribution in [0.5, 0.6) is 11.5 Å². The number of amides is 1. The molecule has 1 amide bonds. The average molecular weight is 474 g/mol. The third kappa shape index (κ3) is 5.65. The van der Waals surface area contributed by atoms with Crippen LogP contribution in [-0.4, -0.2) is 45.4 Å². The highest BCUT2D eigenvalue weighted by molar-refractivity contribution is 7.19. The molecule has 0 bridgehead atoms. The Hall–Kier alpha value is -4.05. The number of benzene rings is 2. The topological polar surface area (TPSA) is 105 Å². The molecule has 2 aromatic heterocycles. The summed E-state index contributed by atoms with van der Waals surface area (Å²) in [4.78, 5) is 14.7. The van der Waals surface area contributed by atoms with Gasteiger partial charge in [-0.25, -0.2) is 0 Å². The lowest BCUT2D eigenvalue weighted by atomic mass is 10.1. The molecule has 0 radical (unpaired) electrons. The summed E-state index contributed by atoms with van der Waals surface area (Å²) in [6.07, 6.45) is 2.84. The van der Waals surface area contributed by atoms with Crippen LogP contribution < -0.4 is 20.3 Å². The predicted molar refractivity (Wildman–Crippen MR) is 131 cm³/mol. The van der Waals surface area contributed by atoms with Gasteiger partial charge in [0, 0.05) is 25.3 Å². The van der Waals surface area contributed by atoms with Gasteiger partial charge in [0.15, 0.2) is 5.82 Å². The van der Waals surface area contributed by atoms with Gasteiger partial charge in [-0.15, -0.1) is 15.3 Å². The van der Waals surface area contributed by atoms with E-state index < -0.39 is 0 Å². The summed E-state index contributed by atoms with van der Waals surface area (Å²) in [6.45, 7) is 1.70. The van der Waals surface area contributed by atoms with Crippen molar-refractivity contribution in [1.29, 1.82) is 0 Å². The van der Waals surface area contributed by atoms with Crippen LogP contribution in [0.25, 0.3) is 0 Å². The molecule has 172 valence electrons. The number of ether oxygens (including phenoxy) is 1. The molecule has 0 saturated carbocycles. The summed E-state index contributed by atoms with van der Waals surface area (Å²) >= 11 is 1.32. The summed E-state index contributed by atoms with van der Waals surface area (Å²) in [5.74, 6) is 2.15. The van der Waals surface area contributed by atoms with Crippen LogP contribution in [0.2, 0.25) is 0 Å². The second-order valence-corrected chi connectivity index (χ2v) is 8.84. The lowest BCUT2D eigenvalue weighted by Crippen LogP contribution is -2.26. The van der Waals surface area contributed by atoms with Crippen molar-refractivity contribution >= 4 is 33.3 Å². The Morgan fingerprint density at radius 1 is 1.00 bits per heavy atom. The average Bonchev–Trinajstić information content (AvgIpc) is 3.50. The number of para-hydroxylation sites is 1. The first kappa shape index (κ1) is 21.8. The van der Waals surface area contributed by atoms with Gasteiger partial charge in [-0.05, 0) is 48.4 Å². The van der Waals surface area contributed by atoms with Crippen molar-refractivity contribution in [2.75, 3.05) is 28.6 Å². The minimum Gasteiger partial charge on any atom is -0.457 e. The number of carbonyl (C=O) groups excluding carboxylic acids is 1. The lowest BCUT2D eigenvalue weighted by Gasteiger charge is -2.16. The summed E-state index contributed by atoms with van der Waals surface area (Å²) < 4.78 is 5.85. The summed E-state index contributed by atoms with van der Waals surface area (Å²) in [5, 5.41) is 23.8. The molecule has 1 saturated heterocycles. The largest absolute Gasteiger partial charge is 0.457 e. The Kier molecular flexibility index (Phi) is 6.57. The molecule has 2 aromatic carbocycles. The molecule has 4 aromatic rings. The van der Waals surface area contributed by atoms with Gasteiger partial charge in [0.1, 0.15) is 11.5 Å². The lowest BCUT2D eigenvalue weighted by molar-refractivity contribution is -0.115. The highest BCUT2D eigenvalue weighted by Crippen LogP contribution is 2.25. The Labute approximate surface area is 200 Å². The van der Waals surface area contributed by atoms with Crippen LogP contribution in [0.3, 0.4) is 0 Å². The van der Waals surface area contributed by atoms with Gasteiger partial charge in [-0.3, -0.25) is 4.79 Å². The quantitative estimate of drug-likeness (QED) is 0.396. The van der Waals surface area contributed by atoms with Gasteiger partial charge in [0.25, 0.3) is 0 Å². The fourth-order valence-electron chi connectivity index (χ4n) is 3.75. The third-order valence-corrected chi connectivity index (χ3v) is 6.08. The predicted octanol–water partition coefficient (Wildman–Crippen LogP) is 3.99. The highest BCUT2D eigenvalue weighted by atomic mass is 32.1. The van der Waals surface area contributed by atoms with Crippen LogP contribution in [0.4, 0.5) is 16.1 Å². The standard InChI is InChI=1S/C24H23N7O2S/c32-22(15-17-6-4-9-20(14-17)33-19-7-2-1-3-8-19)27-24-30-29-23(34-24)26-18-11-13-31(16-18)21-10-5-12-25-28-21/h1-10,12,14,18H,11,13,15-16H2,(H,26,29)(H,27,30,32)/t18-/m1/s1. The molecule has 1 aliphatic heterocycles. The molecular formula is C24H23N7O2S. The van der Waals surface area contributed by atoms with Crippen molar-refractivity contribution in [1.82, 2.24) is 20.4 Å². The minimum atomic E-state index is -0.158. The number of nitrogens with one attached hydrogen (secondary N) is 2. The van der Waals surface area contributed by atoms with Crippen molar-refractivity contribution in [3.05, 3.63) is 78.5 Å². The molecule has 0 spiro atoms. The highest BCUT2D eigenvalue weighted by Gasteiger charge is 2.24. The molecule has 5 rings (SSSR count). The van der Waals surface area contributed by atoms with Gasteiger partial charge < -0.3 is 20.3 Å². The van der Waals surface area contributed by atoms with E-state index in [2.05, 4.69) is 35.9 Å². The van der Waals surface area contributed by atoms with Crippen molar-refractivity contribution in [3.63, 3.8) is 0 Å². The molecule has 2 N–H and O–H groups in total. The third-order valence-electron chi connectivity index (χ3n) is 5.31. The molecule has 9 nitrogen and oxygen atoms in total. The Bertz CT molecular complexity index is 1240. The summed E-state index contributed by atoms with van der Waals surface area (Å²) in [6, 6.07) is 21.1. The zero-order valence-electron chi connectivity index (χ0n) is 18.3. The first-order valence-electron chi connectivity index (χ1n) is 11.0. The zero-order chi connectivity index (χ0) is 23.2. The molecule has 1 atom stereocenters. The number of hydrogen-bond donors (Lipinski definition) is 2. The molecule has 1 aliphatic rings. The van der Waals surface area contributed by atoms with E-state index in [1.807, 2.05) is 66.7 Å². The maximum Gasteiger partial charge on any atom is 0.230 e. The van der Waals surface area contributed by atoms with Crippen molar-refractivity contribution in [3.8, 4) is 11.5 Å². The van der Waals surface area contributed by atoms with Gasteiger partial charge >= 0.3 is 0 Å². The smallest absolute Gasteiger partial charge is 0.230 e. The number of aromatic nitrogens is 4. The van der Waals surface area contributed by atoms with Crippen molar-refractivity contribution < 1.29 is 9.53 Å². The Morgan fingerprint density at radius 2 is 1.85 bits per heavy atom. The van der Waals surface area contributed by atoms with Crippen LogP contribution in [0.15, 0.2) is 72.9 Å². The summed E-state index contributed by atoms with van der Waals surface area (Å²) in [7, 11) is 0. The molecule has 10 heteroatoms. The fourth-order valence-corrected chi connectivity index (χ4v) is 4.48. The summed E-state index contributed by atoms with van der Waals surface area (Å²) in [5.41, 5.74) is 0.851. The zero-order valence-corrected chi connectivity index (χ0v) is 19.1. The monoisotopic (exact) mass is 473 g/mol. The number of anilines is 3. The molecule has 34 heavy (non-hydrogen) atoms. The first-order chi connectivity index (χ1) is 16.7. The van der Waals surface area contributed by atoms with Gasteiger partial charge in [0.2, 0.25) is 16.2 Å². The van der Waals surface area contributed by atoms with Crippen LogP contribution in [0, 0.1) is 0 Å². The Morgan fingerprint density at radius 3 is 2.71 bits per heavy atom. The molecule has 3 heterocycles. The molecule has 0 unspecified atom stereocenters. The number of carbonyl (C=O) groups is 1. The molecular weight excluding hydrogens is 450 g/mol. The van der Waals surface area contributed by atoms with Crippen LogP contribution >= 0.6 is 11.3 Å². The molecule has 0 aliphatic carbocycles. The number of nitrogens with zero attached hydrogens (tertiary/aromatic N) is 5. The normalized spacial score (nSPS) is 15.2. The SMILES string of the molecule is O=C(Cc1cccc(Oc2ccccc2)c1)Nc1nnc(N[C@@H]2CCN(c3cccnn3)C2)s1. The van der Waals surface area contributed by atoms with Crippen LogP contribution in [-0.2, 0) is 11.2 Å². The van der Waals surface area contributed by atoms with Gasteiger partial charge in [-0.2, -0.15) is 5.10 Å². The second kappa shape index (κ2) is 10.3. The number of hydrogen-bond acceptors (Lipinski definition) is 9. The maximum atomic E-state index is 12.6. The van der Waals surface area contributed by atoms with E-state index in [0.29, 0.717) is 16.0 Å². The van der Waals surface area contributed by atoms with Crippen LogP contribution in [0.1, 0.15) is 12.0 Å². The minimum absolute atomic E-state index is 0.158. The Balaban J connectivity index is 1.12. The van der Waals surface area contributed by atoms with E-state index in [1.165, 1.54) is 11.3 Å². The van der Waals surface area contributed by atoms with E-state index in [1.54, 1.807) is 6.20 Å². The van der Waals surface area contributed by atoms with Crippen molar-refractivity contribution in [2.24, 2.45) is 0 Å². The van der Waals surface area contributed by atoms with Gasteiger partial charge in [-0.1, -0.05) is 41.7 Å². The van der Waals surface area contributed by atoms with Gasteiger partial charge in [0.05, 0.1) is 6.42 Å². The fraction of sp³-hybridized carbons (Fsp3) is 0.208. The van der Waals surface area contributed by atoms with E-state index >= 15 is 0 Å². The number of rotatable bonds is 8. The second-order valence-electron chi connectivity index (χ2n) is 7.86. The van der Waals surface area contributed by atoms with E-state index in [4.69, 9.17) is 4.74 Å². The van der Waals surface area contributed by atoms with E-state index in [9.17, 15) is 4.79 Å². The van der Waals surface area contributed by atoms with Crippen molar-refractivity contribution in [2.45, 2.75) is 18.9 Å². The maximum absolute atomic E-state index is 12.6. The van der Waals surface area contributed by atoms with E-state index in [-0.39, 0.29) is 18.4 Å². The first-order valence-corrected chi connectivity index (χ1v) is 11.8. The van der Waals surface area contributed by atoms with E-state index in [0.717, 1.165) is 36.6 Å².